The molecule has 1 saturated carbocycles. The minimum atomic E-state index is -0.572. The number of likely N-dealkylation sites (N-methyl/N-ethyl adjacent to an activating group) is 1. The standard InChI is InChI=1S/C32H36N2O3/c1-4-29(32(36)33(3)21-23-8-6-5-7-9-23)37-27-17-16-24-18-19-34(31(35)26-14-15-26)30(28(24)20-27)25-12-10-22(2)11-13-25/h5-13,16-17,20,26,29-30H,4,14-15,18-19,21H2,1-3H3. The zero-order valence-electron chi connectivity index (χ0n) is 22.0. The van der Waals surface area contributed by atoms with Crippen LogP contribution in [0, 0.1) is 12.8 Å². The van der Waals surface area contributed by atoms with E-state index in [4.69, 9.17) is 4.74 Å². The summed E-state index contributed by atoms with van der Waals surface area (Å²) in [7, 11) is 1.82. The predicted molar refractivity (Wildman–Crippen MR) is 145 cm³/mol. The molecule has 0 N–H and O–H groups in total. The lowest BCUT2D eigenvalue weighted by molar-refractivity contribution is -0.138. The van der Waals surface area contributed by atoms with Crippen LogP contribution in [0.2, 0.25) is 0 Å². The lowest BCUT2D eigenvalue weighted by Crippen LogP contribution is -2.41. The molecule has 2 unspecified atom stereocenters. The summed E-state index contributed by atoms with van der Waals surface area (Å²) >= 11 is 0. The van der Waals surface area contributed by atoms with Crippen molar-refractivity contribution >= 4 is 11.8 Å². The molecular formula is C32H36N2O3. The Morgan fingerprint density at radius 3 is 2.43 bits per heavy atom. The minimum Gasteiger partial charge on any atom is -0.481 e. The highest BCUT2D eigenvalue weighted by Gasteiger charge is 2.39. The first-order valence-electron chi connectivity index (χ1n) is 13.4. The van der Waals surface area contributed by atoms with Gasteiger partial charge in [0.1, 0.15) is 5.75 Å². The van der Waals surface area contributed by atoms with Crippen LogP contribution in [-0.2, 0) is 22.6 Å². The second-order valence-corrected chi connectivity index (χ2v) is 10.4. The summed E-state index contributed by atoms with van der Waals surface area (Å²) in [6.45, 7) is 5.32. The lowest BCUT2D eigenvalue weighted by atomic mass is 9.87. The number of benzene rings is 3. The molecule has 2 atom stereocenters. The molecule has 3 aromatic rings. The van der Waals surface area contributed by atoms with Crippen molar-refractivity contribution < 1.29 is 14.3 Å². The largest absolute Gasteiger partial charge is 0.481 e. The van der Waals surface area contributed by atoms with Gasteiger partial charge < -0.3 is 14.5 Å². The smallest absolute Gasteiger partial charge is 0.263 e. The molecule has 0 spiro atoms. The fourth-order valence-electron chi connectivity index (χ4n) is 5.23. The van der Waals surface area contributed by atoms with Crippen molar-refractivity contribution in [3.63, 3.8) is 0 Å². The maximum absolute atomic E-state index is 13.3. The first-order valence-corrected chi connectivity index (χ1v) is 13.4. The van der Waals surface area contributed by atoms with Crippen LogP contribution in [0.25, 0.3) is 0 Å². The van der Waals surface area contributed by atoms with Gasteiger partial charge in [-0.25, -0.2) is 0 Å². The van der Waals surface area contributed by atoms with E-state index in [1.807, 2.05) is 50.4 Å². The number of ether oxygens (including phenoxy) is 1. The molecule has 0 saturated heterocycles. The van der Waals surface area contributed by atoms with E-state index in [0.29, 0.717) is 18.7 Å². The van der Waals surface area contributed by atoms with Gasteiger partial charge in [-0.3, -0.25) is 9.59 Å². The van der Waals surface area contributed by atoms with Crippen molar-refractivity contribution in [2.24, 2.45) is 5.92 Å². The zero-order chi connectivity index (χ0) is 25.9. The number of amides is 2. The van der Waals surface area contributed by atoms with Gasteiger partial charge in [-0.05, 0) is 67.0 Å². The van der Waals surface area contributed by atoms with E-state index in [0.717, 1.165) is 42.5 Å². The number of carbonyl (C=O) groups excluding carboxylic acids is 2. The predicted octanol–water partition coefficient (Wildman–Crippen LogP) is 5.70. The Hall–Kier alpha value is -3.60. The molecule has 5 nitrogen and oxygen atoms in total. The van der Waals surface area contributed by atoms with Crippen molar-refractivity contribution in [1.82, 2.24) is 9.80 Å². The molecule has 3 aromatic carbocycles. The summed E-state index contributed by atoms with van der Waals surface area (Å²) in [5.41, 5.74) is 5.73. The van der Waals surface area contributed by atoms with Gasteiger partial charge in [0.05, 0.1) is 6.04 Å². The van der Waals surface area contributed by atoms with Crippen LogP contribution in [0.5, 0.6) is 5.75 Å². The number of hydrogen-bond acceptors (Lipinski definition) is 3. The monoisotopic (exact) mass is 496 g/mol. The van der Waals surface area contributed by atoms with Crippen molar-refractivity contribution in [3.05, 3.63) is 101 Å². The van der Waals surface area contributed by atoms with Gasteiger partial charge in [0.25, 0.3) is 5.91 Å². The zero-order valence-corrected chi connectivity index (χ0v) is 22.0. The Balaban J connectivity index is 1.40. The molecule has 2 amide bonds. The lowest BCUT2D eigenvalue weighted by Gasteiger charge is -2.38. The van der Waals surface area contributed by atoms with Crippen molar-refractivity contribution in [2.45, 2.75) is 58.2 Å². The average molecular weight is 497 g/mol. The van der Waals surface area contributed by atoms with E-state index in [9.17, 15) is 9.59 Å². The van der Waals surface area contributed by atoms with Crippen LogP contribution in [0.3, 0.4) is 0 Å². The van der Waals surface area contributed by atoms with E-state index in [-0.39, 0.29) is 23.8 Å². The number of rotatable bonds is 8. The van der Waals surface area contributed by atoms with Crippen LogP contribution < -0.4 is 4.74 Å². The first-order chi connectivity index (χ1) is 17.9. The number of nitrogens with zero attached hydrogens (tertiary/aromatic N) is 2. The fourth-order valence-corrected chi connectivity index (χ4v) is 5.23. The molecule has 1 aliphatic carbocycles. The van der Waals surface area contributed by atoms with E-state index in [2.05, 4.69) is 48.2 Å². The highest BCUT2D eigenvalue weighted by atomic mass is 16.5. The van der Waals surface area contributed by atoms with Crippen molar-refractivity contribution in [3.8, 4) is 5.75 Å². The number of fused-ring (bicyclic) bond motifs is 1. The fraction of sp³-hybridized carbons (Fsp3) is 0.375. The second kappa shape index (κ2) is 10.8. The maximum Gasteiger partial charge on any atom is 0.263 e. The van der Waals surface area contributed by atoms with Gasteiger partial charge in [0.2, 0.25) is 5.91 Å². The van der Waals surface area contributed by atoms with E-state index < -0.39 is 6.10 Å². The summed E-state index contributed by atoms with van der Waals surface area (Å²) in [4.78, 5) is 30.3. The summed E-state index contributed by atoms with van der Waals surface area (Å²) in [6.07, 6.45) is 2.80. The topological polar surface area (TPSA) is 49.9 Å². The first kappa shape index (κ1) is 25.1. The number of aryl methyl sites for hydroxylation is 1. The third-order valence-corrected chi connectivity index (χ3v) is 7.51. The molecule has 0 aromatic heterocycles. The van der Waals surface area contributed by atoms with Crippen molar-refractivity contribution in [1.29, 1.82) is 0 Å². The number of carbonyl (C=O) groups is 2. The molecule has 0 radical (unpaired) electrons. The maximum atomic E-state index is 13.3. The van der Waals surface area contributed by atoms with Crippen LogP contribution in [0.1, 0.15) is 60.0 Å². The van der Waals surface area contributed by atoms with Crippen LogP contribution in [0.4, 0.5) is 0 Å². The van der Waals surface area contributed by atoms with E-state index in [1.165, 1.54) is 11.1 Å². The number of hydrogen-bond donors (Lipinski definition) is 0. The Kier molecular flexibility index (Phi) is 7.31. The summed E-state index contributed by atoms with van der Waals surface area (Å²) in [5.74, 6) is 1.05. The SMILES string of the molecule is CCC(Oc1ccc2c(c1)C(c1ccc(C)cc1)N(C(=O)C1CC1)CC2)C(=O)N(C)Cc1ccccc1. The molecule has 0 bridgehead atoms. The third kappa shape index (κ3) is 5.56. The normalized spacial score (nSPS) is 17.6. The Labute approximate surface area is 220 Å². The minimum absolute atomic E-state index is 0.0373. The molecule has 37 heavy (non-hydrogen) atoms. The average Bonchev–Trinajstić information content (AvgIpc) is 3.77. The third-order valence-electron chi connectivity index (χ3n) is 7.51. The van der Waals surface area contributed by atoms with Gasteiger partial charge in [-0.1, -0.05) is 73.2 Å². The molecule has 5 heteroatoms. The second-order valence-electron chi connectivity index (χ2n) is 10.4. The van der Waals surface area contributed by atoms with Gasteiger partial charge in [-0.2, -0.15) is 0 Å². The molecule has 1 heterocycles. The van der Waals surface area contributed by atoms with Gasteiger partial charge in [0, 0.05) is 26.1 Å². The van der Waals surface area contributed by atoms with Gasteiger partial charge in [0.15, 0.2) is 6.10 Å². The highest BCUT2D eigenvalue weighted by molar-refractivity contribution is 5.82. The molecule has 5 rings (SSSR count). The van der Waals surface area contributed by atoms with Crippen molar-refractivity contribution in [2.75, 3.05) is 13.6 Å². The van der Waals surface area contributed by atoms with Crippen LogP contribution in [0.15, 0.2) is 72.8 Å². The summed E-state index contributed by atoms with van der Waals surface area (Å²) in [6, 6.07) is 24.5. The molecular weight excluding hydrogens is 460 g/mol. The Bertz CT molecular complexity index is 1250. The quantitative estimate of drug-likeness (QED) is 0.402. The van der Waals surface area contributed by atoms with Crippen LogP contribution >= 0.6 is 0 Å². The van der Waals surface area contributed by atoms with E-state index in [1.54, 1.807) is 4.90 Å². The van der Waals surface area contributed by atoms with Gasteiger partial charge >= 0.3 is 0 Å². The summed E-state index contributed by atoms with van der Waals surface area (Å²) < 4.78 is 6.31. The van der Waals surface area contributed by atoms with Gasteiger partial charge in [-0.15, -0.1) is 0 Å². The Morgan fingerprint density at radius 2 is 1.76 bits per heavy atom. The highest BCUT2D eigenvalue weighted by Crippen LogP contribution is 2.41. The van der Waals surface area contributed by atoms with E-state index >= 15 is 0 Å². The van der Waals surface area contributed by atoms with Crippen LogP contribution in [-0.4, -0.2) is 41.3 Å². The molecule has 192 valence electrons. The molecule has 1 aliphatic heterocycles. The Morgan fingerprint density at radius 1 is 1.03 bits per heavy atom. The molecule has 1 fully saturated rings. The summed E-state index contributed by atoms with van der Waals surface area (Å²) in [5, 5.41) is 0. The molecule has 2 aliphatic rings.